The molecule has 0 bridgehead atoms. The molecule has 0 saturated heterocycles. The molecule has 0 aromatic heterocycles. The van der Waals surface area contributed by atoms with Crippen LogP contribution in [-0.4, -0.2) is 18.5 Å². The molecule has 0 amide bonds. The Labute approximate surface area is 97.7 Å². The van der Waals surface area contributed by atoms with Crippen molar-refractivity contribution in [2.75, 3.05) is 18.5 Å². The van der Waals surface area contributed by atoms with Gasteiger partial charge in [0.1, 0.15) is 0 Å². The number of halogens is 1. The van der Waals surface area contributed by atoms with E-state index < -0.39 is 0 Å². The molecule has 0 aliphatic heterocycles. The van der Waals surface area contributed by atoms with E-state index in [-0.39, 0.29) is 0 Å². The Balaban J connectivity index is 3.64. The lowest BCUT2D eigenvalue weighted by Crippen LogP contribution is -2.26. The minimum Gasteiger partial charge on any atom is -0.381 e. The van der Waals surface area contributed by atoms with Gasteiger partial charge < -0.3 is 4.74 Å². The standard InChI is InChI=1S/C12H25BrO/c1-10(2)6-7-14-9-11(8-13)12(3,4)5/h10-11H,6-9H2,1-5H3. The molecule has 14 heavy (non-hydrogen) atoms. The molecule has 1 atom stereocenters. The van der Waals surface area contributed by atoms with Gasteiger partial charge in [-0.15, -0.1) is 0 Å². The minimum atomic E-state index is 0.335. The van der Waals surface area contributed by atoms with Crippen LogP contribution in [0.15, 0.2) is 0 Å². The van der Waals surface area contributed by atoms with E-state index in [0.29, 0.717) is 11.3 Å². The molecule has 0 aromatic rings. The molecule has 0 radical (unpaired) electrons. The largest absolute Gasteiger partial charge is 0.381 e. The lowest BCUT2D eigenvalue weighted by atomic mass is 9.83. The monoisotopic (exact) mass is 264 g/mol. The van der Waals surface area contributed by atoms with Crippen LogP contribution in [0.5, 0.6) is 0 Å². The predicted molar refractivity (Wildman–Crippen MR) is 67.0 cm³/mol. The Hall–Kier alpha value is 0.440. The van der Waals surface area contributed by atoms with E-state index in [0.717, 1.165) is 24.5 Å². The molecule has 0 spiro atoms. The van der Waals surface area contributed by atoms with Gasteiger partial charge in [0.2, 0.25) is 0 Å². The first-order chi connectivity index (χ1) is 6.38. The molecule has 0 heterocycles. The van der Waals surface area contributed by atoms with Gasteiger partial charge in [-0.1, -0.05) is 50.5 Å². The van der Waals surface area contributed by atoms with E-state index in [1.807, 2.05) is 0 Å². The van der Waals surface area contributed by atoms with Crippen molar-refractivity contribution in [1.82, 2.24) is 0 Å². The highest BCUT2D eigenvalue weighted by atomic mass is 79.9. The van der Waals surface area contributed by atoms with Gasteiger partial charge in [-0.3, -0.25) is 0 Å². The van der Waals surface area contributed by atoms with E-state index >= 15 is 0 Å². The van der Waals surface area contributed by atoms with Crippen LogP contribution >= 0.6 is 15.9 Å². The number of hydrogen-bond donors (Lipinski definition) is 0. The minimum absolute atomic E-state index is 0.335. The summed E-state index contributed by atoms with van der Waals surface area (Å²) in [6.45, 7) is 13.0. The van der Waals surface area contributed by atoms with E-state index in [1.54, 1.807) is 0 Å². The summed E-state index contributed by atoms with van der Waals surface area (Å²) < 4.78 is 5.69. The first kappa shape index (κ1) is 14.4. The zero-order valence-electron chi connectivity index (χ0n) is 10.3. The van der Waals surface area contributed by atoms with Gasteiger partial charge in [-0.2, -0.15) is 0 Å². The number of alkyl halides is 1. The Morgan fingerprint density at radius 2 is 1.79 bits per heavy atom. The topological polar surface area (TPSA) is 9.23 Å². The quantitative estimate of drug-likeness (QED) is 0.519. The van der Waals surface area contributed by atoms with Gasteiger partial charge in [-0.05, 0) is 23.7 Å². The van der Waals surface area contributed by atoms with Gasteiger partial charge in [0.15, 0.2) is 0 Å². The molecule has 0 rings (SSSR count). The summed E-state index contributed by atoms with van der Waals surface area (Å²) in [5.74, 6) is 1.35. The van der Waals surface area contributed by atoms with Gasteiger partial charge in [0.25, 0.3) is 0 Å². The average Bonchev–Trinajstić information content (AvgIpc) is 2.01. The van der Waals surface area contributed by atoms with Crippen LogP contribution in [-0.2, 0) is 4.74 Å². The summed E-state index contributed by atoms with van der Waals surface area (Å²) in [7, 11) is 0. The van der Waals surface area contributed by atoms with Crippen LogP contribution in [0.2, 0.25) is 0 Å². The lowest BCUT2D eigenvalue weighted by molar-refractivity contribution is 0.0609. The van der Waals surface area contributed by atoms with E-state index in [4.69, 9.17) is 4.74 Å². The highest BCUT2D eigenvalue weighted by Gasteiger charge is 2.23. The molecule has 2 heteroatoms. The van der Waals surface area contributed by atoms with Crippen molar-refractivity contribution in [1.29, 1.82) is 0 Å². The summed E-state index contributed by atoms with van der Waals surface area (Å²) in [4.78, 5) is 0. The van der Waals surface area contributed by atoms with E-state index in [9.17, 15) is 0 Å². The third-order valence-electron chi connectivity index (χ3n) is 2.57. The maximum Gasteiger partial charge on any atom is 0.0507 e. The van der Waals surface area contributed by atoms with Crippen molar-refractivity contribution in [3.8, 4) is 0 Å². The second-order valence-electron chi connectivity index (χ2n) is 5.47. The maximum absolute atomic E-state index is 5.69. The van der Waals surface area contributed by atoms with Crippen LogP contribution in [0.4, 0.5) is 0 Å². The van der Waals surface area contributed by atoms with Crippen molar-refractivity contribution in [2.45, 2.75) is 41.0 Å². The van der Waals surface area contributed by atoms with E-state index in [2.05, 4.69) is 50.5 Å². The Kier molecular flexibility index (Phi) is 7.05. The summed E-state index contributed by atoms with van der Waals surface area (Å²) in [6.07, 6.45) is 1.17. The molecular formula is C12H25BrO. The number of rotatable bonds is 6. The highest BCUT2D eigenvalue weighted by molar-refractivity contribution is 9.09. The predicted octanol–water partition coefficient (Wildman–Crippen LogP) is 4.11. The second-order valence-corrected chi connectivity index (χ2v) is 6.12. The van der Waals surface area contributed by atoms with Crippen LogP contribution in [0.3, 0.4) is 0 Å². The van der Waals surface area contributed by atoms with Crippen molar-refractivity contribution in [3.63, 3.8) is 0 Å². The SMILES string of the molecule is CC(C)CCOCC(CBr)C(C)(C)C. The molecular weight excluding hydrogens is 240 g/mol. The number of ether oxygens (including phenoxy) is 1. The summed E-state index contributed by atoms with van der Waals surface area (Å²) in [6, 6.07) is 0. The van der Waals surface area contributed by atoms with Crippen molar-refractivity contribution >= 4 is 15.9 Å². The summed E-state index contributed by atoms with van der Waals surface area (Å²) in [5, 5.41) is 1.03. The maximum atomic E-state index is 5.69. The molecule has 0 aliphatic rings. The first-order valence-electron chi connectivity index (χ1n) is 5.51. The van der Waals surface area contributed by atoms with Gasteiger partial charge in [0.05, 0.1) is 6.61 Å². The first-order valence-corrected chi connectivity index (χ1v) is 6.63. The normalized spacial score (nSPS) is 14.8. The fraction of sp³-hybridized carbons (Fsp3) is 1.00. The highest BCUT2D eigenvalue weighted by Crippen LogP contribution is 2.27. The smallest absolute Gasteiger partial charge is 0.0507 e. The lowest BCUT2D eigenvalue weighted by Gasteiger charge is -2.28. The molecule has 0 saturated carbocycles. The molecule has 0 fully saturated rings. The van der Waals surface area contributed by atoms with Crippen LogP contribution in [0.25, 0.3) is 0 Å². The third kappa shape index (κ3) is 6.83. The van der Waals surface area contributed by atoms with Crippen LogP contribution in [0, 0.1) is 17.3 Å². The van der Waals surface area contributed by atoms with Crippen LogP contribution < -0.4 is 0 Å². The zero-order valence-corrected chi connectivity index (χ0v) is 11.9. The molecule has 0 N–H and O–H groups in total. The fourth-order valence-corrected chi connectivity index (χ4v) is 2.23. The average molecular weight is 265 g/mol. The van der Waals surface area contributed by atoms with E-state index in [1.165, 1.54) is 6.42 Å². The third-order valence-corrected chi connectivity index (χ3v) is 3.35. The van der Waals surface area contributed by atoms with Crippen molar-refractivity contribution < 1.29 is 4.74 Å². The zero-order chi connectivity index (χ0) is 11.2. The Bertz CT molecular complexity index is 138. The molecule has 1 unspecified atom stereocenters. The fourth-order valence-electron chi connectivity index (χ4n) is 1.07. The Morgan fingerprint density at radius 1 is 1.21 bits per heavy atom. The Morgan fingerprint density at radius 3 is 2.14 bits per heavy atom. The molecule has 86 valence electrons. The second kappa shape index (κ2) is 6.84. The summed E-state index contributed by atoms with van der Waals surface area (Å²) >= 11 is 3.55. The molecule has 0 aromatic carbocycles. The van der Waals surface area contributed by atoms with Gasteiger partial charge in [-0.25, -0.2) is 0 Å². The number of hydrogen-bond acceptors (Lipinski definition) is 1. The van der Waals surface area contributed by atoms with Gasteiger partial charge >= 0.3 is 0 Å². The van der Waals surface area contributed by atoms with Crippen molar-refractivity contribution in [2.24, 2.45) is 17.3 Å². The molecule has 0 aliphatic carbocycles. The molecule has 1 nitrogen and oxygen atoms in total. The van der Waals surface area contributed by atoms with Crippen molar-refractivity contribution in [3.05, 3.63) is 0 Å². The van der Waals surface area contributed by atoms with Gasteiger partial charge in [0, 0.05) is 11.9 Å². The van der Waals surface area contributed by atoms with Crippen LogP contribution in [0.1, 0.15) is 41.0 Å². The summed E-state index contributed by atoms with van der Waals surface area (Å²) in [5.41, 5.74) is 0.335.